The highest BCUT2D eigenvalue weighted by Crippen LogP contribution is 2.17. The maximum absolute atomic E-state index is 12.4. The molecule has 0 saturated carbocycles. The minimum atomic E-state index is -0.186. The lowest BCUT2D eigenvalue weighted by Gasteiger charge is -2.10. The molecular weight excluding hydrogens is 340 g/mol. The van der Waals surface area contributed by atoms with Crippen molar-refractivity contribution in [3.05, 3.63) is 54.1 Å². The van der Waals surface area contributed by atoms with Crippen LogP contribution in [0.15, 0.2) is 42.9 Å². The van der Waals surface area contributed by atoms with E-state index in [2.05, 4.69) is 36.6 Å². The number of fused-ring (bicyclic) bond motifs is 1. The van der Waals surface area contributed by atoms with Crippen molar-refractivity contribution in [2.45, 2.75) is 12.8 Å². The maximum Gasteiger partial charge on any atom is 0.270 e. The number of hydrogen-bond acceptors (Lipinski definition) is 5. The molecule has 7 heteroatoms. The van der Waals surface area contributed by atoms with E-state index in [1.54, 1.807) is 6.07 Å². The van der Waals surface area contributed by atoms with Crippen LogP contribution in [0.4, 0.5) is 5.82 Å². The number of amides is 1. The van der Waals surface area contributed by atoms with Crippen molar-refractivity contribution < 1.29 is 4.79 Å². The van der Waals surface area contributed by atoms with Gasteiger partial charge >= 0.3 is 0 Å². The van der Waals surface area contributed by atoms with Gasteiger partial charge in [-0.25, -0.2) is 9.97 Å². The second-order valence-electron chi connectivity index (χ2n) is 6.74. The first-order valence-corrected chi connectivity index (χ1v) is 9.17. The van der Waals surface area contributed by atoms with Crippen LogP contribution in [0.2, 0.25) is 0 Å². The number of carbonyl (C=O) groups excluding carboxylic acids is 1. The fourth-order valence-electron chi connectivity index (χ4n) is 2.93. The van der Waals surface area contributed by atoms with Crippen LogP contribution in [-0.2, 0) is 6.42 Å². The molecule has 0 bridgehead atoms. The van der Waals surface area contributed by atoms with Crippen molar-refractivity contribution in [3.8, 4) is 0 Å². The number of benzene rings is 1. The number of nitrogens with zero attached hydrogens (tertiary/aromatic N) is 3. The van der Waals surface area contributed by atoms with E-state index in [0.717, 1.165) is 31.4 Å². The highest BCUT2D eigenvalue weighted by molar-refractivity contribution is 5.92. The smallest absolute Gasteiger partial charge is 0.270 e. The van der Waals surface area contributed by atoms with Crippen molar-refractivity contribution in [3.63, 3.8) is 0 Å². The van der Waals surface area contributed by atoms with E-state index in [1.807, 2.05) is 38.5 Å². The quantitative estimate of drug-likeness (QED) is 0.506. The van der Waals surface area contributed by atoms with Crippen LogP contribution in [-0.4, -0.2) is 59.5 Å². The average Bonchev–Trinajstić information content (AvgIpc) is 3.08. The molecule has 0 unspecified atom stereocenters. The Morgan fingerprint density at radius 1 is 1.19 bits per heavy atom. The second-order valence-corrected chi connectivity index (χ2v) is 6.74. The molecule has 0 aliphatic heterocycles. The predicted octanol–water partition coefficient (Wildman–Crippen LogP) is 2.29. The van der Waals surface area contributed by atoms with Crippen LogP contribution in [0, 0.1) is 0 Å². The van der Waals surface area contributed by atoms with Crippen LogP contribution in [0.1, 0.15) is 22.5 Å². The molecule has 3 aromatic rings. The molecule has 3 N–H and O–H groups in total. The third kappa shape index (κ3) is 5.27. The summed E-state index contributed by atoms with van der Waals surface area (Å²) in [5.74, 6) is 0.485. The Morgan fingerprint density at radius 2 is 2.04 bits per heavy atom. The molecule has 2 aromatic heterocycles. The molecule has 27 heavy (non-hydrogen) atoms. The Balaban J connectivity index is 1.50. The predicted molar refractivity (Wildman–Crippen MR) is 108 cm³/mol. The summed E-state index contributed by atoms with van der Waals surface area (Å²) in [6, 6.07) is 9.85. The lowest BCUT2D eigenvalue weighted by Crippen LogP contribution is -2.26. The molecular formula is C20H26N6O. The number of para-hydroxylation sites is 1. The van der Waals surface area contributed by atoms with Crippen LogP contribution < -0.4 is 10.6 Å². The standard InChI is InChI=1S/C20H26N6O/c1-26(2)11-5-9-21-19-12-18(24-14-25-19)20(27)22-10-8-15-13-23-17-7-4-3-6-16(15)17/h3-4,6-7,12-14,23H,5,8-11H2,1-2H3,(H,22,27)(H,21,24,25). The van der Waals surface area contributed by atoms with Crippen LogP contribution in [0.5, 0.6) is 0 Å². The summed E-state index contributed by atoms with van der Waals surface area (Å²) in [6.07, 6.45) is 5.18. The molecule has 142 valence electrons. The van der Waals surface area contributed by atoms with Crippen molar-refractivity contribution in [1.29, 1.82) is 0 Å². The SMILES string of the molecule is CN(C)CCCNc1cc(C(=O)NCCc2c[nH]c3ccccc23)ncn1. The number of hydrogen-bond donors (Lipinski definition) is 3. The molecule has 0 saturated heterocycles. The van der Waals surface area contributed by atoms with Crippen LogP contribution in [0.25, 0.3) is 10.9 Å². The van der Waals surface area contributed by atoms with Gasteiger partial charge in [-0.1, -0.05) is 18.2 Å². The lowest BCUT2D eigenvalue weighted by molar-refractivity contribution is 0.0949. The van der Waals surface area contributed by atoms with Crippen molar-refractivity contribution >= 4 is 22.6 Å². The van der Waals surface area contributed by atoms with Gasteiger partial charge in [0, 0.05) is 36.3 Å². The number of aromatic amines is 1. The monoisotopic (exact) mass is 366 g/mol. The largest absolute Gasteiger partial charge is 0.370 e. The fraction of sp³-hybridized carbons (Fsp3) is 0.350. The first kappa shape index (κ1) is 18.8. The van der Waals surface area contributed by atoms with Gasteiger partial charge in [0.1, 0.15) is 17.8 Å². The van der Waals surface area contributed by atoms with E-state index >= 15 is 0 Å². The van der Waals surface area contributed by atoms with Gasteiger partial charge in [-0.15, -0.1) is 0 Å². The summed E-state index contributed by atoms with van der Waals surface area (Å²) in [7, 11) is 4.09. The minimum absolute atomic E-state index is 0.186. The molecule has 0 atom stereocenters. The minimum Gasteiger partial charge on any atom is -0.370 e. The topological polar surface area (TPSA) is 85.9 Å². The summed E-state index contributed by atoms with van der Waals surface area (Å²) in [5, 5.41) is 7.36. The summed E-state index contributed by atoms with van der Waals surface area (Å²) in [4.78, 5) is 26.0. The van der Waals surface area contributed by atoms with Gasteiger partial charge in [0.25, 0.3) is 5.91 Å². The molecule has 0 spiro atoms. The zero-order valence-corrected chi connectivity index (χ0v) is 15.8. The van der Waals surface area contributed by atoms with Gasteiger partial charge in [0.2, 0.25) is 0 Å². The molecule has 1 amide bonds. The van der Waals surface area contributed by atoms with Gasteiger partial charge in [-0.05, 0) is 45.1 Å². The van der Waals surface area contributed by atoms with E-state index in [-0.39, 0.29) is 5.91 Å². The Morgan fingerprint density at radius 3 is 2.89 bits per heavy atom. The van der Waals surface area contributed by atoms with E-state index < -0.39 is 0 Å². The Labute approximate surface area is 159 Å². The molecule has 3 rings (SSSR count). The fourth-order valence-corrected chi connectivity index (χ4v) is 2.93. The van der Waals surface area contributed by atoms with E-state index in [0.29, 0.717) is 18.1 Å². The van der Waals surface area contributed by atoms with Crippen LogP contribution >= 0.6 is 0 Å². The molecule has 2 heterocycles. The molecule has 7 nitrogen and oxygen atoms in total. The van der Waals surface area contributed by atoms with E-state index in [9.17, 15) is 4.79 Å². The molecule has 0 radical (unpaired) electrons. The van der Waals surface area contributed by atoms with Gasteiger partial charge in [-0.2, -0.15) is 0 Å². The summed E-state index contributed by atoms with van der Waals surface area (Å²) >= 11 is 0. The zero-order chi connectivity index (χ0) is 19.1. The maximum atomic E-state index is 12.4. The number of carbonyl (C=O) groups is 1. The number of aromatic nitrogens is 3. The van der Waals surface area contributed by atoms with Crippen LogP contribution in [0.3, 0.4) is 0 Å². The van der Waals surface area contributed by atoms with Crippen molar-refractivity contribution in [2.24, 2.45) is 0 Å². The summed E-state index contributed by atoms with van der Waals surface area (Å²) < 4.78 is 0. The van der Waals surface area contributed by atoms with Crippen molar-refractivity contribution in [1.82, 2.24) is 25.2 Å². The molecule has 1 aromatic carbocycles. The van der Waals surface area contributed by atoms with E-state index in [4.69, 9.17) is 0 Å². The third-order valence-corrected chi connectivity index (χ3v) is 4.34. The number of H-pyrrole nitrogens is 1. The Kier molecular flexibility index (Phi) is 6.38. The van der Waals surface area contributed by atoms with Gasteiger partial charge in [-0.3, -0.25) is 4.79 Å². The molecule has 0 aliphatic rings. The highest BCUT2D eigenvalue weighted by Gasteiger charge is 2.09. The lowest BCUT2D eigenvalue weighted by atomic mass is 10.1. The first-order valence-electron chi connectivity index (χ1n) is 9.17. The van der Waals surface area contributed by atoms with Gasteiger partial charge < -0.3 is 20.5 Å². The first-order chi connectivity index (χ1) is 13.1. The number of anilines is 1. The molecule has 0 aliphatic carbocycles. The second kappa shape index (κ2) is 9.14. The third-order valence-electron chi connectivity index (χ3n) is 4.34. The van der Waals surface area contributed by atoms with Crippen molar-refractivity contribution in [2.75, 3.05) is 39.0 Å². The van der Waals surface area contributed by atoms with Gasteiger partial charge in [0.15, 0.2) is 0 Å². The number of rotatable bonds is 9. The van der Waals surface area contributed by atoms with Gasteiger partial charge in [0.05, 0.1) is 0 Å². The average molecular weight is 366 g/mol. The number of nitrogens with one attached hydrogen (secondary N) is 3. The Hall–Kier alpha value is -2.93. The van der Waals surface area contributed by atoms with E-state index in [1.165, 1.54) is 17.3 Å². The summed E-state index contributed by atoms with van der Waals surface area (Å²) in [5.41, 5.74) is 2.68. The molecule has 0 fully saturated rings. The zero-order valence-electron chi connectivity index (χ0n) is 15.8. The summed E-state index contributed by atoms with van der Waals surface area (Å²) in [6.45, 7) is 2.35. The highest BCUT2D eigenvalue weighted by atomic mass is 16.1. The Bertz CT molecular complexity index is 889. The normalized spacial score (nSPS) is 11.1.